The van der Waals surface area contributed by atoms with Crippen molar-refractivity contribution >= 4 is 17.7 Å². The highest BCUT2D eigenvalue weighted by Crippen LogP contribution is 2.27. The average molecular weight is 511 g/mol. The number of nitrogens with one attached hydrogen (secondary N) is 1. The normalized spacial score (nSPS) is 14.6. The van der Waals surface area contributed by atoms with Crippen LogP contribution in [0.15, 0.2) is 48.5 Å². The molecule has 0 bridgehead atoms. The molecule has 1 fully saturated rings. The lowest BCUT2D eigenvalue weighted by molar-refractivity contribution is -0.149. The number of carboxylic acid groups (broad SMARTS) is 1. The molecule has 1 atom stereocenters. The number of carboxylic acids is 1. The van der Waals surface area contributed by atoms with Crippen LogP contribution in [0.3, 0.4) is 0 Å². The second kappa shape index (κ2) is 15.3. The van der Waals surface area contributed by atoms with E-state index in [9.17, 15) is 14.7 Å². The number of ether oxygens (including phenoxy) is 2. The molecule has 1 unspecified atom stereocenters. The molecule has 0 heterocycles. The van der Waals surface area contributed by atoms with Gasteiger partial charge in [-0.05, 0) is 68.0 Å². The van der Waals surface area contributed by atoms with E-state index in [4.69, 9.17) is 9.47 Å². The van der Waals surface area contributed by atoms with Crippen molar-refractivity contribution < 1.29 is 24.2 Å². The fourth-order valence-electron chi connectivity index (χ4n) is 4.92. The summed E-state index contributed by atoms with van der Waals surface area (Å²) < 4.78 is 11.2. The van der Waals surface area contributed by atoms with E-state index in [1.807, 2.05) is 60.4 Å². The Morgan fingerprint density at radius 3 is 2.51 bits per heavy atom. The molecule has 2 aromatic rings. The number of anilines is 1. The zero-order chi connectivity index (χ0) is 26.5. The van der Waals surface area contributed by atoms with E-state index in [2.05, 4.69) is 5.32 Å². The third kappa shape index (κ3) is 10.1. The minimum atomic E-state index is -0.963. The molecule has 7 heteroatoms. The topological polar surface area (TPSA) is 88.1 Å². The number of hydrogen-bond acceptors (Lipinski definition) is 4. The first kappa shape index (κ1) is 28.5. The summed E-state index contributed by atoms with van der Waals surface area (Å²) in [5.41, 5.74) is 2.77. The van der Waals surface area contributed by atoms with Crippen LogP contribution in [0.5, 0.6) is 5.75 Å². The number of hydrogen-bond donors (Lipinski definition) is 2. The van der Waals surface area contributed by atoms with E-state index in [-0.39, 0.29) is 6.03 Å². The summed E-state index contributed by atoms with van der Waals surface area (Å²) in [4.78, 5) is 26.3. The molecule has 0 spiro atoms. The second-order valence-corrected chi connectivity index (χ2v) is 9.91. The second-order valence-electron chi connectivity index (χ2n) is 9.91. The summed E-state index contributed by atoms with van der Waals surface area (Å²) in [5, 5.41) is 12.3. The molecular weight excluding hydrogens is 468 g/mol. The monoisotopic (exact) mass is 510 g/mol. The zero-order valence-corrected chi connectivity index (χ0v) is 22.3. The van der Waals surface area contributed by atoms with E-state index in [1.165, 1.54) is 32.1 Å². The number of carbonyl (C=O) groups is 2. The summed E-state index contributed by atoms with van der Waals surface area (Å²) in [6.07, 6.45) is 8.24. The number of benzene rings is 2. The molecule has 0 aliphatic heterocycles. The molecule has 2 amide bonds. The van der Waals surface area contributed by atoms with Crippen LogP contribution in [0, 0.1) is 12.8 Å². The molecule has 0 aromatic heterocycles. The van der Waals surface area contributed by atoms with Crippen LogP contribution < -0.4 is 10.1 Å². The van der Waals surface area contributed by atoms with E-state index in [0.29, 0.717) is 38.5 Å². The van der Waals surface area contributed by atoms with Crippen LogP contribution in [0.4, 0.5) is 10.5 Å². The Morgan fingerprint density at radius 1 is 1.08 bits per heavy atom. The molecular formula is C30H42N2O5. The molecule has 2 N–H and O–H groups in total. The fraction of sp³-hybridized carbons (Fsp3) is 0.533. The van der Waals surface area contributed by atoms with Crippen LogP contribution in [0.25, 0.3) is 0 Å². The number of aryl methyl sites for hydroxylation is 1. The zero-order valence-electron chi connectivity index (χ0n) is 22.3. The Kier molecular flexibility index (Phi) is 11.8. The van der Waals surface area contributed by atoms with Gasteiger partial charge >= 0.3 is 12.0 Å². The number of aliphatic carboxylic acids is 1. The van der Waals surface area contributed by atoms with Crippen molar-refractivity contribution in [2.24, 2.45) is 5.92 Å². The van der Waals surface area contributed by atoms with Gasteiger partial charge < -0.3 is 24.8 Å². The van der Waals surface area contributed by atoms with Gasteiger partial charge in [-0.25, -0.2) is 9.59 Å². The fourth-order valence-corrected chi connectivity index (χ4v) is 4.92. The van der Waals surface area contributed by atoms with Gasteiger partial charge in [-0.15, -0.1) is 0 Å². The highest BCUT2D eigenvalue weighted by molar-refractivity contribution is 5.89. The summed E-state index contributed by atoms with van der Waals surface area (Å²) in [6, 6.07) is 15.1. The molecule has 2 aromatic carbocycles. The summed E-state index contributed by atoms with van der Waals surface area (Å²) in [5.74, 6) is 0.511. The number of carbonyl (C=O) groups excluding carboxylic acids is 1. The van der Waals surface area contributed by atoms with Gasteiger partial charge in [0.15, 0.2) is 6.10 Å². The highest BCUT2D eigenvalue weighted by atomic mass is 16.5. The lowest BCUT2D eigenvalue weighted by atomic mass is 9.86. The number of rotatable bonds is 14. The maximum Gasteiger partial charge on any atom is 0.333 e. The Labute approximate surface area is 221 Å². The van der Waals surface area contributed by atoms with Gasteiger partial charge in [0.25, 0.3) is 0 Å². The van der Waals surface area contributed by atoms with Crippen LogP contribution >= 0.6 is 0 Å². The van der Waals surface area contributed by atoms with Gasteiger partial charge in [-0.2, -0.15) is 0 Å². The first-order valence-corrected chi connectivity index (χ1v) is 13.6. The Balaban J connectivity index is 1.52. The molecule has 1 aliphatic carbocycles. The van der Waals surface area contributed by atoms with Crippen molar-refractivity contribution in [3.05, 3.63) is 59.7 Å². The molecule has 7 nitrogen and oxygen atoms in total. The predicted molar refractivity (Wildman–Crippen MR) is 146 cm³/mol. The number of urea groups is 1. The Morgan fingerprint density at radius 2 is 1.84 bits per heavy atom. The first-order valence-electron chi connectivity index (χ1n) is 13.6. The standard InChI is InChI=1S/C30H42N2O5/c1-3-36-28(29(33)34)22-25-14-16-27(17-15-25)37-20-19-32(18-8-12-24-10-5-4-6-11-24)30(35)31-26-13-7-9-23(2)21-26/h7,9,13-17,21,24,28H,3-6,8,10-12,18-20,22H2,1-2H3,(H,31,35)(H,33,34). The van der Waals surface area contributed by atoms with E-state index >= 15 is 0 Å². The molecule has 3 rings (SSSR count). The van der Waals surface area contributed by atoms with Crippen molar-refractivity contribution in [3.8, 4) is 5.75 Å². The van der Waals surface area contributed by atoms with Crippen LogP contribution in [0.1, 0.15) is 63.0 Å². The number of amides is 2. The van der Waals surface area contributed by atoms with E-state index in [1.54, 1.807) is 6.92 Å². The maximum absolute atomic E-state index is 13.1. The van der Waals surface area contributed by atoms with Crippen molar-refractivity contribution in [3.63, 3.8) is 0 Å². The summed E-state index contributed by atoms with van der Waals surface area (Å²) in [7, 11) is 0. The third-order valence-electron chi connectivity index (χ3n) is 6.94. The third-order valence-corrected chi connectivity index (χ3v) is 6.94. The molecule has 0 saturated heterocycles. The molecule has 37 heavy (non-hydrogen) atoms. The van der Waals surface area contributed by atoms with E-state index < -0.39 is 12.1 Å². The highest BCUT2D eigenvalue weighted by Gasteiger charge is 2.19. The molecule has 1 saturated carbocycles. The Bertz CT molecular complexity index is 972. The van der Waals surface area contributed by atoms with Crippen LogP contribution in [0.2, 0.25) is 0 Å². The largest absolute Gasteiger partial charge is 0.492 e. The maximum atomic E-state index is 13.1. The lowest BCUT2D eigenvalue weighted by Gasteiger charge is -2.26. The van der Waals surface area contributed by atoms with Crippen LogP contribution in [-0.4, -0.2) is 54.4 Å². The van der Waals surface area contributed by atoms with Gasteiger partial charge in [0.05, 0.1) is 6.54 Å². The number of nitrogens with zero attached hydrogens (tertiary/aromatic N) is 1. The first-order chi connectivity index (χ1) is 17.9. The van der Waals surface area contributed by atoms with E-state index in [0.717, 1.165) is 35.6 Å². The van der Waals surface area contributed by atoms with Crippen LogP contribution in [-0.2, 0) is 16.0 Å². The minimum absolute atomic E-state index is 0.108. The van der Waals surface area contributed by atoms with Gasteiger partial charge in [0, 0.05) is 25.3 Å². The quantitative estimate of drug-likeness (QED) is 0.311. The van der Waals surface area contributed by atoms with Gasteiger partial charge in [0.1, 0.15) is 12.4 Å². The van der Waals surface area contributed by atoms with Gasteiger partial charge in [-0.3, -0.25) is 0 Å². The SMILES string of the molecule is CCOC(Cc1ccc(OCCN(CCCC2CCCCC2)C(=O)Nc2cccc(C)c2)cc1)C(=O)O. The molecule has 1 aliphatic rings. The predicted octanol–water partition coefficient (Wildman–Crippen LogP) is 6.30. The smallest absolute Gasteiger partial charge is 0.333 e. The van der Waals surface area contributed by atoms with Gasteiger partial charge in [0.2, 0.25) is 0 Å². The minimum Gasteiger partial charge on any atom is -0.492 e. The van der Waals surface area contributed by atoms with Crippen molar-refractivity contribution in [2.75, 3.05) is 31.6 Å². The van der Waals surface area contributed by atoms with Crippen molar-refractivity contribution in [1.29, 1.82) is 0 Å². The summed E-state index contributed by atoms with van der Waals surface area (Å²) >= 11 is 0. The van der Waals surface area contributed by atoms with Crippen molar-refractivity contribution in [1.82, 2.24) is 4.90 Å². The average Bonchev–Trinajstić information content (AvgIpc) is 2.89. The molecule has 202 valence electrons. The Hall–Kier alpha value is -3.06. The van der Waals surface area contributed by atoms with Crippen molar-refractivity contribution in [2.45, 2.75) is 71.3 Å². The lowest BCUT2D eigenvalue weighted by Crippen LogP contribution is -2.38. The summed E-state index contributed by atoms with van der Waals surface area (Å²) in [6.45, 7) is 5.70. The molecule has 0 radical (unpaired) electrons. The van der Waals surface area contributed by atoms with Gasteiger partial charge in [-0.1, -0.05) is 56.4 Å².